The largest absolute Gasteiger partial charge is 0.480 e. The van der Waals surface area contributed by atoms with Gasteiger partial charge in [0, 0.05) is 0 Å². The zero-order chi connectivity index (χ0) is 11.5. The quantitative estimate of drug-likeness (QED) is 0.790. The fourth-order valence-corrected chi connectivity index (χ4v) is 1.64. The molecule has 0 amide bonds. The summed E-state index contributed by atoms with van der Waals surface area (Å²) in [5.74, 6) is -0.945. The van der Waals surface area contributed by atoms with Crippen LogP contribution in [0, 0.1) is 0 Å². The maximum absolute atomic E-state index is 10.7. The summed E-state index contributed by atoms with van der Waals surface area (Å²) < 4.78 is 0. The third-order valence-corrected chi connectivity index (χ3v) is 2.60. The van der Waals surface area contributed by atoms with Crippen molar-refractivity contribution < 1.29 is 9.90 Å². The van der Waals surface area contributed by atoms with Crippen LogP contribution in [0.2, 0.25) is 0 Å². The SMILES string of the molecule is CC(C)(C[C@H](N)C(=O)O)c1ccccc1. The Balaban J connectivity index is 2.80. The molecule has 3 heteroatoms. The lowest BCUT2D eigenvalue weighted by atomic mass is 9.79. The lowest BCUT2D eigenvalue weighted by molar-refractivity contribution is -0.139. The molecule has 0 aliphatic rings. The van der Waals surface area contributed by atoms with Gasteiger partial charge in [-0.1, -0.05) is 44.2 Å². The standard InChI is InChI=1S/C12H17NO2/c1-12(2,8-10(13)11(14)15)9-6-4-3-5-7-9/h3-7,10H,8,13H2,1-2H3,(H,14,15)/t10-/m0/s1. The molecule has 0 saturated carbocycles. The van der Waals surface area contributed by atoms with E-state index in [1.54, 1.807) is 0 Å². The molecule has 1 aromatic carbocycles. The van der Waals surface area contributed by atoms with E-state index in [0.29, 0.717) is 6.42 Å². The van der Waals surface area contributed by atoms with Crippen LogP contribution >= 0.6 is 0 Å². The Morgan fingerprint density at radius 2 is 1.93 bits per heavy atom. The molecule has 0 spiro atoms. The van der Waals surface area contributed by atoms with E-state index >= 15 is 0 Å². The monoisotopic (exact) mass is 207 g/mol. The average molecular weight is 207 g/mol. The molecule has 0 aliphatic heterocycles. The Bertz CT molecular complexity index is 333. The smallest absolute Gasteiger partial charge is 0.320 e. The third-order valence-electron chi connectivity index (χ3n) is 2.60. The summed E-state index contributed by atoms with van der Waals surface area (Å²) in [6.07, 6.45) is 0.437. The van der Waals surface area contributed by atoms with Crippen molar-refractivity contribution in [2.45, 2.75) is 31.7 Å². The highest BCUT2D eigenvalue weighted by Crippen LogP contribution is 2.27. The van der Waals surface area contributed by atoms with Gasteiger partial charge in [0.15, 0.2) is 0 Å². The molecule has 0 unspecified atom stereocenters. The molecule has 82 valence electrons. The third kappa shape index (κ3) is 3.06. The summed E-state index contributed by atoms with van der Waals surface area (Å²) in [4.78, 5) is 10.7. The molecule has 0 aromatic heterocycles. The first-order valence-electron chi connectivity index (χ1n) is 4.97. The van der Waals surface area contributed by atoms with E-state index < -0.39 is 12.0 Å². The number of carboxylic acid groups (broad SMARTS) is 1. The lowest BCUT2D eigenvalue weighted by Crippen LogP contribution is -2.36. The van der Waals surface area contributed by atoms with Crippen molar-refractivity contribution in [3.05, 3.63) is 35.9 Å². The van der Waals surface area contributed by atoms with Gasteiger partial charge in [-0.15, -0.1) is 0 Å². The van der Waals surface area contributed by atoms with Gasteiger partial charge in [-0.25, -0.2) is 0 Å². The van der Waals surface area contributed by atoms with Crippen LogP contribution < -0.4 is 5.73 Å². The van der Waals surface area contributed by atoms with Crippen LogP contribution in [0.25, 0.3) is 0 Å². The van der Waals surface area contributed by atoms with Gasteiger partial charge in [0.25, 0.3) is 0 Å². The fourth-order valence-electron chi connectivity index (χ4n) is 1.64. The summed E-state index contributed by atoms with van der Waals surface area (Å²) in [7, 11) is 0. The van der Waals surface area contributed by atoms with Crippen molar-refractivity contribution in [3.63, 3.8) is 0 Å². The number of nitrogens with two attached hydrogens (primary N) is 1. The van der Waals surface area contributed by atoms with Crippen molar-refractivity contribution in [1.29, 1.82) is 0 Å². The first kappa shape index (κ1) is 11.7. The van der Waals surface area contributed by atoms with Crippen LogP contribution in [-0.2, 0) is 10.2 Å². The molecule has 3 nitrogen and oxygen atoms in total. The van der Waals surface area contributed by atoms with E-state index in [1.165, 1.54) is 0 Å². The van der Waals surface area contributed by atoms with E-state index in [1.807, 2.05) is 44.2 Å². The van der Waals surface area contributed by atoms with Crippen LogP contribution in [0.15, 0.2) is 30.3 Å². The lowest BCUT2D eigenvalue weighted by Gasteiger charge is -2.26. The van der Waals surface area contributed by atoms with Gasteiger partial charge >= 0.3 is 5.97 Å². The summed E-state index contributed by atoms with van der Waals surface area (Å²) in [6, 6.07) is 9.02. The number of hydrogen-bond acceptors (Lipinski definition) is 2. The number of carboxylic acids is 1. The Hall–Kier alpha value is -1.35. The molecule has 0 saturated heterocycles. The number of rotatable bonds is 4. The van der Waals surface area contributed by atoms with Crippen molar-refractivity contribution in [2.24, 2.45) is 5.73 Å². The summed E-state index contributed by atoms with van der Waals surface area (Å²) in [5.41, 5.74) is 6.44. The molecule has 0 aliphatic carbocycles. The van der Waals surface area contributed by atoms with Crippen molar-refractivity contribution >= 4 is 5.97 Å². The van der Waals surface area contributed by atoms with Gasteiger partial charge in [0.05, 0.1) is 0 Å². The fraction of sp³-hybridized carbons (Fsp3) is 0.417. The first-order chi connectivity index (χ1) is 6.93. The Morgan fingerprint density at radius 3 is 2.40 bits per heavy atom. The zero-order valence-electron chi connectivity index (χ0n) is 9.10. The topological polar surface area (TPSA) is 63.3 Å². The highest BCUT2D eigenvalue weighted by Gasteiger charge is 2.26. The van der Waals surface area contributed by atoms with Crippen molar-refractivity contribution in [3.8, 4) is 0 Å². The van der Waals surface area contributed by atoms with Gasteiger partial charge in [-0.2, -0.15) is 0 Å². The first-order valence-corrected chi connectivity index (χ1v) is 4.97. The zero-order valence-corrected chi connectivity index (χ0v) is 9.10. The summed E-state index contributed by atoms with van der Waals surface area (Å²) in [6.45, 7) is 4.01. The maximum atomic E-state index is 10.7. The number of aliphatic carboxylic acids is 1. The van der Waals surface area contributed by atoms with Crippen LogP contribution in [0.1, 0.15) is 25.8 Å². The molecule has 15 heavy (non-hydrogen) atoms. The van der Waals surface area contributed by atoms with Crippen LogP contribution in [0.5, 0.6) is 0 Å². The molecule has 0 heterocycles. The normalized spacial score (nSPS) is 13.5. The van der Waals surface area contributed by atoms with Gasteiger partial charge in [-0.05, 0) is 17.4 Å². The average Bonchev–Trinajstić information content (AvgIpc) is 2.18. The Labute approximate surface area is 89.9 Å². The van der Waals surface area contributed by atoms with Gasteiger partial charge < -0.3 is 10.8 Å². The molecule has 0 fully saturated rings. The molecule has 1 rings (SSSR count). The predicted octanol–water partition coefficient (Wildman–Crippen LogP) is 1.77. The molecule has 1 aromatic rings. The summed E-state index contributed by atoms with van der Waals surface area (Å²) >= 11 is 0. The number of carbonyl (C=O) groups is 1. The number of benzene rings is 1. The highest BCUT2D eigenvalue weighted by atomic mass is 16.4. The molecular weight excluding hydrogens is 190 g/mol. The molecule has 0 bridgehead atoms. The second-order valence-electron chi connectivity index (χ2n) is 4.40. The van der Waals surface area contributed by atoms with Crippen molar-refractivity contribution in [2.75, 3.05) is 0 Å². The second kappa shape index (κ2) is 4.45. The van der Waals surface area contributed by atoms with Crippen LogP contribution in [-0.4, -0.2) is 17.1 Å². The molecule has 1 atom stereocenters. The minimum Gasteiger partial charge on any atom is -0.480 e. The Morgan fingerprint density at radius 1 is 1.40 bits per heavy atom. The van der Waals surface area contributed by atoms with E-state index in [9.17, 15) is 4.79 Å². The maximum Gasteiger partial charge on any atom is 0.320 e. The molecule has 0 radical (unpaired) electrons. The Kier molecular flexibility index (Phi) is 3.48. The predicted molar refractivity (Wildman–Crippen MR) is 59.7 cm³/mol. The molecule has 3 N–H and O–H groups in total. The minimum absolute atomic E-state index is 0.209. The van der Waals surface area contributed by atoms with Crippen molar-refractivity contribution in [1.82, 2.24) is 0 Å². The van der Waals surface area contributed by atoms with Crippen LogP contribution in [0.3, 0.4) is 0 Å². The highest BCUT2D eigenvalue weighted by molar-refractivity contribution is 5.73. The van der Waals surface area contributed by atoms with E-state index in [2.05, 4.69) is 0 Å². The van der Waals surface area contributed by atoms with Crippen LogP contribution in [0.4, 0.5) is 0 Å². The second-order valence-corrected chi connectivity index (χ2v) is 4.40. The van der Waals surface area contributed by atoms with E-state index in [-0.39, 0.29) is 5.41 Å². The van der Waals surface area contributed by atoms with Gasteiger partial charge in [0.2, 0.25) is 0 Å². The summed E-state index contributed by atoms with van der Waals surface area (Å²) in [5, 5.41) is 8.77. The van der Waals surface area contributed by atoms with E-state index in [0.717, 1.165) is 5.56 Å². The number of hydrogen-bond donors (Lipinski definition) is 2. The minimum atomic E-state index is -0.945. The van der Waals surface area contributed by atoms with E-state index in [4.69, 9.17) is 10.8 Å². The molecular formula is C12H17NO2. The van der Waals surface area contributed by atoms with Gasteiger partial charge in [0.1, 0.15) is 6.04 Å². The van der Waals surface area contributed by atoms with Gasteiger partial charge in [-0.3, -0.25) is 4.79 Å².